The number of para-hydroxylation sites is 1. The highest BCUT2D eigenvalue weighted by molar-refractivity contribution is 7.21. The van der Waals surface area contributed by atoms with E-state index in [9.17, 15) is 4.79 Å². The molecule has 2 aromatic heterocycles. The third kappa shape index (κ3) is 2.32. The summed E-state index contributed by atoms with van der Waals surface area (Å²) in [6.07, 6.45) is 1.75. The van der Waals surface area contributed by atoms with E-state index in [0.29, 0.717) is 0 Å². The van der Waals surface area contributed by atoms with Crippen molar-refractivity contribution >= 4 is 33.3 Å². The summed E-state index contributed by atoms with van der Waals surface area (Å²) >= 11 is 1.52. The molecule has 4 nitrogen and oxygen atoms in total. The molecule has 0 atom stereocenters. The molecule has 19 heavy (non-hydrogen) atoms. The van der Waals surface area contributed by atoms with E-state index in [-0.39, 0.29) is 5.91 Å². The molecule has 0 radical (unpaired) electrons. The third-order valence-electron chi connectivity index (χ3n) is 2.63. The number of thiazole rings is 1. The first-order valence-electron chi connectivity index (χ1n) is 5.82. The second-order valence-electron chi connectivity index (χ2n) is 4.07. The Morgan fingerprint density at radius 1 is 1.21 bits per heavy atom. The van der Waals surface area contributed by atoms with Crippen LogP contribution in [0.5, 0.6) is 0 Å². The number of nitrogens with one attached hydrogen (secondary N) is 1. The normalized spacial score (nSPS) is 10.6. The van der Waals surface area contributed by atoms with Gasteiger partial charge in [-0.25, -0.2) is 9.97 Å². The van der Waals surface area contributed by atoms with Crippen LogP contribution in [-0.4, -0.2) is 15.9 Å². The third-order valence-corrected chi connectivity index (χ3v) is 3.65. The number of nitrogens with zero attached hydrogens (tertiary/aromatic N) is 2. The van der Waals surface area contributed by atoms with Gasteiger partial charge in [0.2, 0.25) is 5.91 Å². The summed E-state index contributed by atoms with van der Waals surface area (Å²) in [7, 11) is 0. The predicted molar refractivity (Wildman–Crippen MR) is 77.2 cm³/mol. The number of rotatable bonds is 2. The topological polar surface area (TPSA) is 54.9 Å². The Balaban J connectivity index is 2.13. The first kappa shape index (κ1) is 11.8. The van der Waals surface area contributed by atoms with Crippen molar-refractivity contribution in [3.05, 3.63) is 42.6 Å². The predicted octanol–water partition coefficient (Wildman–Crippen LogP) is 3.32. The number of pyridine rings is 1. The summed E-state index contributed by atoms with van der Waals surface area (Å²) in [4.78, 5) is 21.0. The van der Waals surface area contributed by atoms with Crippen LogP contribution >= 0.6 is 11.3 Å². The molecular weight excluding hydrogens is 258 g/mol. The molecule has 5 heteroatoms. The minimum Gasteiger partial charge on any atom is -0.326 e. The Morgan fingerprint density at radius 2 is 2.05 bits per heavy atom. The zero-order valence-corrected chi connectivity index (χ0v) is 11.1. The van der Waals surface area contributed by atoms with E-state index in [1.165, 1.54) is 18.3 Å². The number of amides is 1. The Kier molecular flexibility index (Phi) is 2.97. The van der Waals surface area contributed by atoms with Crippen molar-refractivity contribution in [3.63, 3.8) is 0 Å². The quantitative estimate of drug-likeness (QED) is 0.776. The summed E-state index contributed by atoms with van der Waals surface area (Å²) in [5, 5.41) is 3.68. The average Bonchev–Trinajstić information content (AvgIpc) is 2.82. The fourth-order valence-electron chi connectivity index (χ4n) is 1.85. The van der Waals surface area contributed by atoms with Crippen molar-refractivity contribution in [2.75, 3.05) is 5.32 Å². The molecule has 0 saturated carbocycles. The first-order chi connectivity index (χ1) is 9.24. The monoisotopic (exact) mass is 269 g/mol. The number of hydrogen-bond acceptors (Lipinski definition) is 4. The maximum atomic E-state index is 11.2. The van der Waals surface area contributed by atoms with Gasteiger partial charge in [0.15, 0.2) is 0 Å². The molecule has 0 bridgehead atoms. The number of carbonyl (C=O) groups excluding carboxylic acids is 1. The lowest BCUT2D eigenvalue weighted by Gasteiger charge is -2.06. The van der Waals surface area contributed by atoms with Crippen LogP contribution < -0.4 is 5.32 Å². The van der Waals surface area contributed by atoms with Crippen LogP contribution in [0, 0.1) is 0 Å². The lowest BCUT2D eigenvalue weighted by Crippen LogP contribution is -2.06. The Bertz CT molecular complexity index is 718. The largest absolute Gasteiger partial charge is 0.326 e. The van der Waals surface area contributed by atoms with E-state index in [2.05, 4.69) is 15.3 Å². The van der Waals surface area contributed by atoms with Crippen LogP contribution in [0.4, 0.5) is 5.69 Å². The lowest BCUT2D eigenvalue weighted by molar-refractivity contribution is -0.114. The second kappa shape index (κ2) is 4.78. The summed E-state index contributed by atoms with van der Waals surface area (Å²) in [6.45, 7) is 1.50. The molecular formula is C14H11N3OS. The zero-order valence-electron chi connectivity index (χ0n) is 10.3. The first-order valence-corrected chi connectivity index (χ1v) is 6.64. The number of anilines is 1. The Morgan fingerprint density at radius 3 is 2.84 bits per heavy atom. The van der Waals surface area contributed by atoms with E-state index in [1.807, 2.05) is 36.4 Å². The van der Waals surface area contributed by atoms with Crippen LogP contribution in [0.3, 0.4) is 0 Å². The molecule has 2 heterocycles. The van der Waals surface area contributed by atoms with Gasteiger partial charge in [-0.3, -0.25) is 4.79 Å². The zero-order chi connectivity index (χ0) is 13.2. The highest BCUT2D eigenvalue weighted by atomic mass is 32.1. The average molecular weight is 269 g/mol. The van der Waals surface area contributed by atoms with Crippen LogP contribution in [-0.2, 0) is 4.79 Å². The number of aromatic nitrogens is 2. The van der Waals surface area contributed by atoms with E-state index in [1.54, 1.807) is 6.20 Å². The number of benzene rings is 1. The van der Waals surface area contributed by atoms with Crippen molar-refractivity contribution in [3.8, 4) is 10.6 Å². The SMILES string of the molecule is CC(=O)Nc1ccccc1-c1nc2cccnc2s1. The molecule has 1 N–H and O–H groups in total. The Hall–Kier alpha value is -2.27. The maximum absolute atomic E-state index is 11.2. The highest BCUT2D eigenvalue weighted by Gasteiger charge is 2.11. The van der Waals surface area contributed by atoms with Gasteiger partial charge in [-0.05, 0) is 24.3 Å². The van der Waals surface area contributed by atoms with Crippen molar-refractivity contribution in [2.24, 2.45) is 0 Å². The molecule has 3 aromatic rings. The second-order valence-corrected chi connectivity index (χ2v) is 5.05. The molecule has 1 aromatic carbocycles. The van der Waals surface area contributed by atoms with Crippen LogP contribution in [0.1, 0.15) is 6.92 Å². The minimum absolute atomic E-state index is 0.0910. The maximum Gasteiger partial charge on any atom is 0.221 e. The molecule has 0 aliphatic rings. The molecule has 0 unspecified atom stereocenters. The molecule has 0 aliphatic heterocycles. The van der Waals surface area contributed by atoms with Gasteiger partial charge in [0.1, 0.15) is 15.4 Å². The van der Waals surface area contributed by atoms with Gasteiger partial charge in [0.25, 0.3) is 0 Å². The standard InChI is InChI=1S/C14H11N3OS/c1-9(18)16-11-6-3-2-5-10(11)13-17-12-7-4-8-15-14(12)19-13/h2-8H,1H3,(H,16,18). The van der Waals surface area contributed by atoms with Crippen molar-refractivity contribution in [1.29, 1.82) is 0 Å². The molecule has 3 rings (SSSR count). The lowest BCUT2D eigenvalue weighted by atomic mass is 10.2. The smallest absolute Gasteiger partial charge is 0.221 e. The highest BCUT2D eigenvalue weighted by Crippen LogP contribution is 2.33. The van der Waals surface area contributed by atoms with Gasteiger partial charge in [-0.2, -0.15) is 0 Å². The molecule has 0 aliphatic carbocycles. The van der Waals surface area contributed by atoms with Crippen molar-refractivity contribution in [2.45, 2.75) is 6.92 Å². The molecule has 0 spiro atoms. The molecule has 94 valence electrons. The van der Waals surface area contributed by atoms with E-state index < -0.39 is 0 Å². The minimum atomic E-state index is -0.0910. The van der Waals surface area contributed by atoms with Crippen LogP contribution in [0.2, 0.25) is 0 Å². The van der Waals surface area contributed by atoms with E-state index in [4.69, 9.17) is 0 Å². The van der Waals surface area contributed by atoms with Gasteiger partial charge >= 0.3 is 0 Å². The Labute approximate surface area is 114 Å². The molecule has 0 fully saturated rings. The van der Waals surface area contributed by atoms with Gasteiger partial charge < -0.3 is 5.32 Å². The fraction of sp³-hybridized carbons (Fsp3) is 0.0714. The summed E-state index contributed by atoms with van der Waals surface area (Å²) in [5.41, 5.74) is 2.56. The number of carbonyl (C=O) groups is 1. The van der Waals surface area contributed by atoms with Crippen LogP contribution in [0.25, 0.3) is 20.9 Å². The summed E-state index contributed by atoms with van der Waals surface area (Å²) < 4.78 is 0. The van der Waals surface area contributed by atoms with Gasteiger partial charge in [-0.1, -0.05) is 23.5 Å². The van der Waals surface area contributed by atoms with Gasteiger partial charge in [-0.15, -0.1) is 0 Å². The van der Waals surface area contributed by atoms with Crippen molar-refractivity contribution in [1.82, 2.24) is 9.97 Å². The summed E-state index contributed by atoms with van der Waals surface area (Å²) in [5.74, 6) is -0.0910. The summed E-state index contributed by atoms with van der Waals surface area (Å²) in [6, 6.07) is 11.4. The molecule has 0 saturated heterocycles. The number of fused-ring (bicyclic) bond motifs is 1. The van der Waals surface area contributed by atoms with Crippen molar-refractivity contribution < 1.29 is 4.79 Å². The molecule has 1 amide bonds. The van der Waals surface area contributed by atoms with Crippen LogP contribution in [0.15, 0.2) is 42.6 Å². The van der Waals surface area contributed by atoms with E-state index in [0.717, 1.165) is 26.6 Å². The van der Waals surface area contributed by atoms with Gasteiger partial charge in [0, 0.05) is 18.7 Å². The van der Waals surface area contributed by atoms with E-state index >= 15 is 0 Å². The van der Waals surface area contributed by atoms with Gasteiger partial charge in [0.05, 0.1) is 5.69 Å². The number of hydrogen-bond donors (Lipinski definition) is 1. The fourth-order valence-corrected chi connectivity index (χ4v) is 2.80.